The Morgan fingerprint density at radius 1 is 1.03 bits per heavy atom. The van der Waals surface area contributed by atoms with E-state index in [0.717, 1.165) is 5.56 Å². The van der Waals surface area contributed by atoms with Crippen LogP contribution in [-0.2, 0) is 16.1 Å². The van der Waals surface area contributed by atoms with Gasteiger partial charge in [-0.15, -0.1) is 0 Å². The molecular formula is C25H20ClN3O4S. The van der Waals surface area contributed by atoms with Gasteiger partial charge < -0.3 is 19.7 Å². The molecule has 0 bridgehead atoms. The third-order valence-corrected chi connectivity index (χ3v) is 6.26. The Labute approximate surface area is 206 Å². The Bertz CT molecular complexity index is 1270. The van der Waals surface area contributed by atoms with Gasteiger partial charge in [0, 0.05) is 17.3 Å². The minimum absolute atomic E-state index is 0.0701. The summed E-state index contributed by atoms with van der Waals surface area (Å²) in [6.45, 7) is 0.507. The number of fused-ring (bicyclic) bond motifs is 1. The molecule has 2 aliphatic heterocycles. The van der Waals surface area contributed by atoms with Crippen LogP contribution in [-0.4, -0.2) is 34.7 Å². The van der Waals surface area contributed by atoms with E-state index in [0.29, 0.717) is 39.6 Å². The molecule has 2 aliphatic rings. The molecule has 0 radical (unpaired) electrons. The number of nitrogens with one attached hydrogen (secondary N) is 1. The summed E-state index contributed by atoms with van der Waals surface area (Å²) in [5.74, 6) is 0.753. The van der Waals surface area contributed by atoms with E-state index in [-0.39, 0.29) is 25.0 Å². The monoisotopic (exact) mass is 493 g/mol. The Balaban J connectivity index is 1.41. The number of benzene rings is 3. The van der Waals surface area contributed by atoms with Gasteiger partial charge in [-0.2, -0.15) is 0 Å². The first-order valence-electron chi connectivity index (χ1n) is 10.6. The maximum absolute atomic E-state index is 13.5. The fraction of sp³-hybridized carbons (Fsp3) is 0.160. The molecule has 34 heavy (non-hydrogen) atoms. The van der Waals surface area contributed by atoms with Crippen LogP contribution in [0.25, 0.3) is 0 Å². The minimum Gasteiger partial charge on any atom is -0.454 e. The van der Waals surface area contributed by atoms with Crippen LogP contribution in [0, 0.1) is 0 Å². The van der Waals surface area contributed by atoms with Crippen LogP contribution in [0.5, 0.6) is 11.5 Å². The molecule has 5 rings (SSSR count). The summed E-state index contributed by atoms with van der Waals surface area (Å²) in [5.41, 5.74) is 2.10. The number of carbonyl (C=O) groups excluding carboxylic acids is 2. The van der Waals surface area contributed by atoms with Gasteiger partial charge >= 0.3 is 0 Å². The highest BCUT2D eigenvalue weighted by Crippen LogP contribution is 2.34. The van der Waals surface area contributed by atoms with Crippen molar-refractivity contribution in [3.63, 3.8) is 0 Å². The Morgan fingerprint density at radius 3 is 2.62 bits per heavy atom. The van der Waals surface area contributed by atoms with E-state index in [1.807, 2.05) is 48.5 Å². The predicted octanol–water partition coefficient (Wildman–Crippen LogP) is 4.60. The van der Waals surface area contributed by atoms with Gasteiger partial charge in [-0.05, 0) is 60.2 Å². The second-order valence-corrected chi connectivity index (χ2v) is 8.69. The molecule has 3 aromatic rings. The van der Waals surface area contributed by atoms with Crippen LogP contribution >= 0.6 is 23.8 Å². The normalized spacial score (nSPS) is 16.8. The fourth-order valence-corrected chi connectivity index (χ4v) is 4.60. The molecule has 1 unspecified atom stereocenters. The first-order chi connectivity index (χ1) is 16.5. The lowest BCUT2D eigenvalue weighted by Crippen LogP contribution is -2.37. The van der Waals surface area contributed by atoms with Crippen LogP contribution in [0.3, 0.4) is 0 Å². The highest BCUT2D eigenvalue weighted by atomic mass is 35.5. The molecule has 0 aliphatic carbocycles. The number of anilines is 2. The maximum Gasteiger partial charge on any atom is 0.256 e. The van der Waals surface area contributed by atoms with Gasteiger partial charge in [0.25, 0.3) is 5.91 Å². The fourth-order valence-electron chi connectivity index (χ4n) is 4.02. The molecule has 7 nitrogen and oxygen atoms in total. The number of hydrogen-bond donors (Lipinski definition) is 1. The quantitative estimate of drug-likeness (QED) is 0.506. The van der Waals surface area contributed by atoms with Gasteiger partial charge in [0.2, 0.25) is 12.7 Å². The number of amides is 2. The summed E-state index contributed by atoms with van der Waals surface area (Å²) >= 11 is 11.7. The number of carbonyl (C=O) groups is 2. The minimum atomic E-state index is -0.766. The van der Waals surface area contributed by atoms with Crippen molar-refractivity contribution >= 4 is 52.1 Å². The molecule has 1 atom stereocenters. The zero-order valence-electron chi connectivity index (χ0n) is 17.9. The van der Waals surface area contributed by atoms with Crippen LogP contribution in [0.15, 0.2) is 72.8 Å². The molecule has 1 saturated heterocycles. The largest absolute Gasteiger partial charge is 0.454 e. The highest BCUT2D eigenvalue weighted by molar-refractivity contribution is 7.80. The van der Waals surface area contributed by atoms with Gasteiger partial charge in [0.15, 0.2) is 16.6 Å². The van der Waals surface area contributed by atoms with Crippen LogP contribution in [0.2, 0.25) is 5.02 Å². The molecule has 1 N–H and O–H groups in total. The Hall–Kier alpha value is -3.62. The van der Waals surface area contributed by atoms with E-state index in [9.17, 15) is 9.59 Å². The first-order valence-corrected chi connectivity index (χ1v) is 11.4. The number of hydrogen-bond acceptors (Lipinski definition) is 5. The number of rotatable bonds is 6. The van der Waals surface area contributed by atoms with E-state index in [2.05, 4.69) is 5.32 Å². The number of thiocarbonyl (C=S) groups is 1. The topological polar surface area (TPSA) is 71.1 Å². The van der Waals surface area contributed by atoms with Crippen molar-refractivity contribution in [2.75, 3.05) is 17.0 Å². The third-order valence-electron chi connectivity index (χ3n) is 5.61. The second kappa shape index (κ2) is 9.32. The van der Waals surface area contributed by atoms with Gasteiger partial charge in [0.05, 0.1) is 12.1 Å². The highest BCUT2D eigenvalue weighted by Gasteiger charge is 2.44. The van der Waals surface area contributed by atoms with Crippen molar-refractivity contribution in [1.82, 2.24) is 4.90 Å². The number of ether oxygens (including phenoxy) is 2. The molecule has 3 aromatic carbocycles. The van der Waals surface area contributed by atoms with Gasteiger partial charge in [-0.25, -0.2) is 0 Å². The average Bonchev–Trinajstić information content (AvgIpc) is 3.38. The standard InChI is InChI=1S/C25H20ClN3O4S/c26-17-5-4-6-18(12-17)27-23(30)13-20-24(31)29(19-7-2-1-3-8-19)25(34)28(20)14-16-9-10-21-22(11-16)33-15-32-21/h1-12,20H,13-15H2,(H,27,30). The first kappa shape index (κ1) is 22.2. The molecule has 9 heteroatoms. The van der Waals surface area contributed by atoms with Crippen LogP contribution in [0.4, 0.5) is 11.4 Å². The number of para-hydroxylation sites is 1. The van der Waals surface area contributed by atoms with E-state index < -0.39 is 6.04 Å². The van der Waals surface area contributed by atoms with E-state index >= 15 is 0 Å². The molecule has 2 heterocycles. The summed E-state index contributed by atoms with van der Waals surface area (Å²) in [5, 5.41) is 3.67. The number of halogens is 1. The zero-order chi connectivity index (χ0) is 23.7. The molecular weight excluding hydrogens is 474 g/mol. The Morgan fingerprint density at radius 2 is 1.82 bits per heavy atom. The Kier molecular flexibility index (Phi) is 6.08. The third kappa shape index (κ3) is 4.42. The summed E-state index contributed by atoms with van der Waals surface area (Å²) < 4.78 is 10.9. The molecule has 2 amide bonds. The average molecular weight is 494 g/mol. The van der Waals surface area contributed by atoms with Crippen molar-refractivity contribution in [1.29, 1.82) is 0 Å². The van der Waals surface area contributed by atoms with E-state index in [4.69, 9.17) is 33.3 Å². The lowest BCUT2D eigenvalue weighted by molar-refractivity contribution is -0.124. The van der Waals surface area contributed by atoms with Crippen LogP contribution < -0.4 is 19.7 Å². The van der Waals surface area contributed by atoms with Crippen molar-refractivity contribution in [3.8, 4) is 11.5 Å². The molecule has 0 spiro atoms. The maximum atomic E-state index is 13.5. The van der Waals surface area contributed by atoms with E-state index in [1.165, 1.54) is 4.90 Å². The lowest BCUT2D eigenvalue weighted by atomic mass is 10.1. The number of nitrogens with zero attached hydrogens (tertiary/aromatic N) is 2. The predicted molar refractivity (Wildman–Crippen MR) is 133 cm³/mol. The lowest BCUT2D eigenvalue weighted by Gasteiger charge is -2.24. The summed E-state index contributed by atoms with van der Waals surface area (Å²) in [6, 6.07) is 20.9. The summed E-state index contributed by atoms with van der Waals surface area (Å²) in [6.07, 6.45) is -0.0701. The van der Waals surface area contributed by atoms with Crippen LogP contribution in [0.1, 0.15) is 12.0 Å². The smallest absolute Gasteiger partial charge is 0.256 e. The zero-order valence-corrected chi connectivity index (χ0v) is 19.5. The second-order valence-electron chi connectivity index (χ2n) is 7.89. The van der Waals surface area contributed by atoms with Gasteiger partial charge in [-0.1, -0.05) is 41.9 Å². The molecule has 172 valence electrons. The van der Waals surface area contributed by atoms with Gasteiger partial charge in [0.1, 0.15) is 6.04 Å². The molecule has 0 aromatic heterocycles. The van der Waals surface area contributed by atoms with Crippen molar-refractivity contribution in [2.45, 2.75) is 19.0 Å². The van der Waals surface area contributed by atoms with E-state index in [1.54, 1.807) is 29.2 Å². The van der Waals surface area contributed by atoms with Crippen molar-refractivity contribution < 1.29 is 19.1 Å². The summed E-state index contributed by atoms with van der Waals surface area (Å²) in [4.78, 5) is 29.7. The van der Waals surface area contributed by atoms with Gasteiger partial charge in [-0.3, -0.25) is 14.5 Å². The summed E-state index contributed by atoms with van der Waals surface area (Å²) in [7, 11) is 0. The molecule has 1 fully saturated rings. The molecule has 0 saturated carbocycles. The van der Waals surface area contributed by atoms with Crippen molar-refractivity contribution in [2.24, 2.45) is 0 Å². The van der Waals surface area contributed by atoms with Crippen molar-refractivity contribution in [3.05, 3.63) is 83.4 Å². The SMILES string of the molecule is O=C(CC1C(=O)N(c2ccccc2)C(=S)N1Cc1ccc2c(c1)OCO2)Nc1cccc(Cl)c1.